The van der Waals surface area contributed by atoms with Gasteiger partial charge in [0.05, 0.1) is 48.6 Å². The van der Waals surface area contributed by atoms with Crippen LogP contribution in [0.1, 0.15) is 47.7 Å². The van der Waals surface area contributed by atoms with Crippen LogP contribution in [0.3, 0.4) is 0 Å². The molecule has 0 aromatic carbocycles. The molecule has 10 heteroatoms. The number of likely N-dealkylation sites (tertiary alicyclic amines) is 1. The van der Waals surface area contributed by atoms with E-state index in [-0.39, 0.29) is 31.1 Å². The molecule has 9 nitrogen and oxygen atoms in total. The van der Waals surface area contributed by atoms with Gasteiger partial charge in [0.25, 0.3) is 5.91 Å². The molecule has 4 heterocycles. The predicted molar refractivity (Wildman–Crippen MR) is 114 cm³/mol. The lowest BCUT2D eigenvalue weighted by atomic mass is 10.0. The Balaban J connectivity index is 1.44. The van der Waals surface area contributed by atoms with Gasteiger partial charge in [0, 0.05) is 18.8 Å². The monoisotopic (exact) mass is 440 g/mol. The highest BCUT2D eigenvalue weighted by molar-refractivity contribution is 6.47. The van der Waals surface area contributed by atoms with Gasteiger partial charge in [-0.3, -0.25) is 14.8 Å². The molecule has 2 aromatic rings. The molecule has 0 radical (unpaired) electrons. The zero-order valence-corrected chi connectivity index (χ0v) is 17.6. The molecule has 2 aliphatic heterocycles. The number of hydrogen-bond donors (Lipinski definition) is 3. The first kappa shape index (κ1) is 20.9. The fourth-order valence-corrected chi connectivity index (χ4v) is 4.82. The second kappa shape index (κ2) is 8.18. The molecule has 5 atom stereocenters. The zero-order chi connectivity index (χ0) is 22.4. The Labute approximate surface area is 184 Å². The summed E-state index contributed by atoms with van der Waals surface area (Å²) < 4.78 is 14.4. The number of amides is 1. The molecule has 1 saturated carbocycles. The summed E-state index contributed by atoms with van der Waals surface area (Å²) in [5, 5.41) is 23.2. The smallest absolute Gasteiger partial charge is 0.273 e. The number of fused-ring (bicyclic) bond motifs is 1. The van der Waals surface area contributed by atoms with Crippen molar-refractivity contribution in [2.75, 3.05) is 11.9 Å². The van der Waals surface area contributed by atoms with Crippen LogP contribution in [0.5, 0.6) is 0 Å². The normalized spacial score (nSPS) is 29.2. The second-order valence-electron chi connectivity index (χ2n) is 8.70. The molecule has 32 heavy (non-hydrogen) atoms. The number of aromatic nitrogens is 3. The fraction of sp³-hybridized carbons (Fsp3) is 0.500. The number of carbonyl (C=O) groups excluding carboxylic acids is 1. The minimum Gasteiger partial charge on any atom is -0.390 e. The Kier molecular flexibility index (Phi) is 5.34. The Morgan fingerprint density at radius 3 is 2.84 bits per heavy atom. The van der Waals surface area contributed by atoms with Crippen molar-refractivity contribution in [1.29, 1.82) is 0 Å². The topological polar surface area (TPSA) is 124 Å². The molecule has 168 valence electrons. The molecule has 3 N–H and O–H groups in total. The first-order chi connectivity index (χ1) is 15.4. The predicted octanol–water partition coefficient (Wildman–Crippen LogP) is 1.09. The highest BCUT2D eigenvalue weighted by atomic mass is 19.1. The second-order valence-corrected chi connectivity index (χ2v) is 8.70. The van der Waals surface area contributed by atoms with E-state index < -0.39 is 30.5 Å². The van der Waals surface area contributed by atoms with Crippen molar-refractivity contribution in [2.24, 2.45) is 4.99 Å². The number of alkyl halides is 1. The molecule has 0 bridgehead atoms. The zero-order valence-electron chi connectivity index (χ0n) is 17.6. The summed E-state index contributed by atoms with van der Waals surface area (Å²) in [4.78, 5) is 32.2. The van der Waals surface area contributed by atoms with Crippen molar-refractivity contribution < 1.29 is 19.4 Å². The standard InChI is InChI=1S/C22H25FN6O3/c1-11-4-12(7-24-6-11)16-5-13(23)9-29(16)22(32)19-18-15(8-25-19)26-10-27-21(18)28-14-2-3-17(30)20(14)31/h4,6-7,10,13-14,16-17,20,30-31H,2-3,5,8-9H2,1H3,(H,26,27,28)/t13-,14+,16+,17+,20-/m0/s1. The number of aliphatic hydroxyl groups excluding tert-OH is 2. The van der Waals surface area contributed by atoms with E-state index in [1.54, 1.807) is 12.4 Å². The number of halogens is 1. The fourth-order valence-electron chi connectivity index (χ4n) is 4.82. The average Bonchev–Trinajstić information content (AvgIpc) is 3.47. The van der Waals surface area contributed by atoms with E-state index in [9.17, 15) is 19.4 Å². The van der Waals surface area contributed by atoms with Crippen LogP contribution in [-0.4, -0.2) is 72.6 Å². The van der Waals surface area contributed by atoms with Crippen molar-refractivity contribution in [2.45, 2.75) is 63.2 Å². The van der Waals surface area contributed by atoms with Crippen molar-refractivity contribution in [3.63, 3.8) is 0 Å². The number of rotatable bonds is 4. The van der Waals surface area contributed by atoms with Crippen LogP contribution in [0.15, 0.2) is 29.8 Å². The Morgan fingerprint density at radius 2 is 2.09 bits per heavy atom. The van der Waals surface area contributed by atoms with Gasteiger partial charge in [-0.1, -0.05) is 6.07 Å². The van der Waals surface area contributed by atoms with Crippen LogP contribution in [0, 0.1) is 6.92 Å². The number of aliphatic imine (C=N–C) groups is 1. The maximum Gasteiger partial charge on any atom is 0.273 e. The van der Waals surface area contributed by atoms with Crippen molar-refractivity contribution >= 4 is 17.4 Å². The van der Waals surface area contributed by atoms with Crippen LogP contribution in [-0.2, 0) is 11.3 Å². The summed E-state index contributed by atoms with van der Waals surface area (Å²) in [7, 11) is 0. The van der Waals surface area contributed by atoms with Gasteiger partial charge in [-0.15, -0.1) is 0 Å². The molecule has 1 aliphatic carbocycles. The van der Waals surface area contributed by atoms with Gasteiger partial charge >= 0.3 is 0 Å². The Morgan fingerprint density at radius 1 is 1.25 bits per heavy atom. The van der Waals surface area contributed by atoms with Crippen LogP contribution < -0.4 is 5.32 Å². The molecule has 2 aromatic heterocycles. The highest BCUT2D eigenvalue weighted by Crippen LogP contribution is 2.36. The molecule has 1 amide bonds. The largest absolute Gasteiger partial charge is 0.390 e. The van der Waals surface area contributed by atoms with Gasteiger partial charge in [0.2, 0.25) is 0 Å². The minimum absolute atomic E-state index is 0.0181. The first-order valence-electron chi connectivity index (χ1n) is 10.8. The van der Waals surface area contributed by atoms with Crippen LogP contribution in [0.4, 0.5) is 10.2 Å². The van der Waals surface area contributed by atoms with E-state index >= 15 is 0 Å². The number of hydrogen-bond acceptors (Lipinski definition) is 8. The summed E-state index contributed by atoms with van der Waals surface area (Å²) in [6, 6.07) is 1.10. The SMILES string of the molecule is Cc1cncc([C@H]2C[C@H](F)CN2C(=O)C2=NCc3ncnc(N[C@@H]4CC[C@@H](O)[C@H]4O)c32)c1. The molecule has 2 fully saturated rings. The highest BCUT2D eigenvalue weighted by Gasteiger charge is 2.41. The van der Waals surface area contributed by atoms with Gasteiger partial charge in [-0.25, -0.2) is 14.4 Å². The lowest BCUT2D eigenvalue weighted by Crippen LogP contribution is -2.38. The van der Waals surface area contributed by atoms with E-state index in [1.165, 1.54) is 11.2 Å². The number of nitrogens with zero attached hydrogens (tertiary/aromatic N) is 5. The lowest BCUT2D eigenvalue weighted by Gasteiger charge is -2.25. The van der Waals surface area contributed by atoms with Gasteiger partial charge in [-0.2, -0.15) is 0 Å². The number of aliphatic hydroxyl groups is 2. The third-order valence-electron chi connectivity index (χ3n) is 6.45. The molecular weight excluding hydrogens is 415 g/mol. The number of nitrogens with one attached hydrogen (secondary N) is 1. The number of pyridine rings is 1. The van der Waals surface area contributed by atoms with E-state index in [4.69, 9.17) is 0 Å². The summed E-state index contributed by atoms with van der Waals surface area (Å²) in [5.41, 5.74) is 3.01. The van der Waals surface area contributed by atoms with E-state index in [0.29, 0.717) is 29.9 Å². The third-order valence-corrected chi connectivity index (χ3v) is 6.45. The van der Waals surface area contributed by atoms with Crippen molar-refractivity contribution in [3.8, 4) is 0 Å². The summed E-state index contributed by atoms with van der Waals surface area (Å²) in [5.74, 6) is 0.0165. The number of aryl methyl sites for hydroxylation is 1. The van der Waals surface area contributed by atoms with E-state index in [0.717, 1.165) is 11.1 Å². The quantitative estimate of drug-likeness (QED) is 0.650. The van der Waals surface area contributed by atoms with Crippen LogP contribution in [0.25, 0.3) is 0 Å². The minimum atomic E-state index is -1.13. The van der Waals surface area contributed by atoms with Gasteiger partial charge in [0.15, 0.2) is 0 Å². The van der Waals surface area contributed by atoms with Crippen molar-refractivity contribution in [1.82, 2.24) is 19.9 Å². The summed E-state index contributed by atoms with van der Waals surface area (Å²) >= 11 is 0. The van der Waals surface area contributed by atoms with Gasteiger partial charge in [0.1, 0.15) is 24.0 Å². The molecule has 0 unspecified atom stereocenters. The van der Waals surface area contributed by atoms with Crippen LogP contribution >= 0.6 is 0 Å². The van der Waals surface area contributed by atoms with Gasteiger partial charge < -0.3 is 20.4 Å². The summed E-state index contributed by atoms with van der Waals surface area (Å²) in [6.07, 6.45) is 3.17. The molecule has 5 rings (SSSR count). The first-order valence-corrected chi connectivity index (χ1v) is 10.8. The number of anilines is 1. The van der Waals surface area contributed by atoms with Crippen molar-refractivity contribution in [3.05, 3.63) is 47.2 Å². The average molecular weight is 440 g/mol. The van der Waals surface area contributed by atoms with E-state index in [1.807, 2.05) is 13.0 Å². The summed E-state index contributed by atoms with van der Waals surface area (Å²) in [6.45, 7) is 2.12. The molecule has 3 aliphatic rings. The maximum absolute atomic E-state index is 14.4. The van der Waals surface area contributed by atoms with Crippen LogP contribution in [0.2, 0.25) is 0 Å². The third kappa shape index (κ3) is 3.63. The lowest BCUT2D eigenvalue weighted by molar-refractivity contribution is -0.125. The molecular formula is C22H25FN6O3. The number of carbonyl (C=O) groups is 1. The maximum atomic E-state index is 14.4. The Bertz CT molecular complexity index is 1080. The van der Waals surface area contributed by atoms with E-state index in [2.05, 4.69) is 25.3 Å². The Hall–Kier alpha value is -2.98. The molecule has 1 saturated heterocycles. The van der Waals surface area contributed by atoms with Gasteiger partial charge in [-0.05, 0) is 30.9 Å². The molecule has 0 spiro atoms.